The van der Waals surface area contributed by atoms with Crippen LogP contribution in [-0.2, 0) is 0 Å². The standard InChI is InChI=1S/C20H24Cl2N4O2/c1-26(17-8-11-23-19(22)25-17)14-6-7-16(21)15(12-14)18(27)24-13-20(28)9-4-2-3-5-10-20/h6-8,11-12,28H,2-5,9-10,13H2,1H3,(H,24,27). The summed E-state index contributed by atoms with van der Waals surface area (Å²) in [5, 5.41) is 14.1. The quantitative estimate of drug-likeness (QED) is 0.552. The van der Waals surface area contributed by atoms with Gasteiger partial charge < -0.3 is 15.3 Å². The molecule has 8 heteroatoms. The molecule has 0 aliphatic heterocycles. The molecule has 2 N–H and O–H groups in total. The zero-order chi connectivity index (χ0) is 20.1. The number of rotatable bonds is 5. The Labute approximate surface area is 174 Å². The molecule has 1 fully saturated rings. The van der Waals surface area contributed by atoms with Gasteiger partial charge in [-0.2, -0.15) is 0 Å². The number of anilines is 2. The summed E-state index contributed by atoms with van der Waals surface area (Å²) < 4.78 is 0. The van der Waals surface area contributed by atoms with Crippen LogP contribution in [0.5, 0.6) is 0 Å². The van der Waals surface area contributed by atoms with E-state index in [1.54, 1.807) is 35.4 Å². The average molecular weight is 423 g/mol. The van der Waals surface area contributed by atoms with E-state index >= 15 is 0 Å². The second kappa shape index (κ2) is 9.07. The highest BCUT2D eigenvalue weighted by molar-refractivity contribution is 6.34. The van der Waals surface area contributed by atoms with Gasteiger partial charge in [-0.25, -0.2) is 9.97 Å². The summed E-state index contributed by atoms with van der Waals surface area (Å²) in [6.45, 7) is 0.226. The molecule has 6 nitrogen and oxygen atoms in total. The van der Waals surface area contributed by atoms with Gasteiger partial charge in [-0.05, 0) is 48.7 Å². The van der Waals surface area contributed by atoms with Crippen LogP contribution in [0.1, 0.15) is 48.9 Å². The monoisotopic (exact) mass is 422 g/mol. The van der Waals surface area contributed by atoms with Crippen LogP contribution in [0.2, 0.25) is 10.3 Å². The van der Waals surface area contributed by atoms with Gasteiger partial charge in [0.25, 0.3) is 5.91 Å². The molecule has 150 valence electrons. The highest BCUT2D eigenvalue weighted by Gasteiger charge is 2.28. The Bertz CT molecular complexity index is 839. The zero-order valence-electron chi connectivity index (χ0n) is 15.8. The minimum absolute atomic E-state index is 0.146. The van der Waals surface area contributed by atoms with Crippen molar-refractivity contribution in [1.29, 1.82) is 0 Å². The fourth-order valence-electron chi connectivity index (χ4n) is 3.44. The topological polar surface area (TPSA) is 78.4 Å². The van der Waals surface area contributed by atoms with Gasteiger partial charge in [0, 0.05) is 25.5 Å². The summed E-state index contributed by atoms with van der Waals surface area (Å²) >= 11 is 12.1. The molecule has 1 aliphatic rings. The van der Waals surface area contributed by atoms with Gasteiger partial charge in [-0.1, -0.05) is 37.3 Å². The number of halogens is 2. The number of hydrogen-bond donors (Lipinski definition) is 2. The number of amides is 1. The van der Waals surface area contributed by atoms with E-state index in [4.69, 9.17) is 23.2 Å². The molecule has 1 heterocycles. The van der Waals surface area contributed by atoms with Gasteiger partial charge in [0.1, 0.15) is 5.82 Å². The molecule has 28 heavy (non-hydrogen) atoms. The zero-order valence-corrected chi connectivity index (χ0v) is 17.3. The predicted octanol–water partition coefficient (Wildman–Crippen LogP) is 4.37. The summed E-state index contributed by atoms with van der Waals surface area (Å²) in [6.07, 6.45) is 7.20. The maximum absolute atomic E-state index is 12.7. The smallest absolute Gasteiger partial charge is 0.252 e. The maximum Gasteiger partial charge on any atom is 0.252 e. The first-order valence-corrected chi connectivity index (χ1v) is 10.2. The number of benzene rings is 1. The highest BCUT2D eigenvalue weighted by atomic mass is 35.5. The van der Waals surface area contributed by atoms with Crippen LogP contribution >= 0.6 is 23.2 Å². The van der Waals surface area contributed by atoms with Gasteiger partial charge in [0.05, 0.1) is 16.2 Å². The predicted molar refractivity (Wildman–Crippen MR) is 112 cm³/mol. The lowest BCUT2D eigenvalue weighted by Gasteiger charge is -2.27. The number of nitrogens with zero attached hydrogens (tertiary/aromatic N) is 3. The van der Waals surface area contributed by atoms with E-state index in [2.05, 4.69) is 15.3 Å². The third kappa shape index (κ3) is 5.13. The number of hydrogen-bond acceptors (Lipinski definition) is 5. The fourth-order valence-corrected chi connectivity index (χ4v) is 3.79. The molecule has 0 atom stereocenters. The van der Waals surface area contributed by atoms with Gasteiger partial charge >= 0.3 is 0 Å². The average Bonchev–Trinajstić information content (AvgIpc) is 2.91. The Morgan fingerprint density at radius 1 is 1.21 bits per heavy atom. The van der Waals surface area contributed by atoms with Crippen LogP contribution in [0, 0.1) is 0 Å². The first-order chi connectivity index (χ1) is 13.4. The number of aliphatic hydroxyl groups is 1. The van der Waals surface area contributed by atoms with Crippen molar-refractivity contribution in [2.45, 2.75) is 44.1 Å². The number of nitrogens with one attached hydrogen (secondary N) is 1. The molecular formula is C20H24Cl2N4O2. The third-order valence-electron chi connectivity index (χ3n) is 5.15. The Hall–Kier alpha value is -1.89. The second-order valence-corrected chi connectivity index (χ2v) is 7.97. The SMILES string of the molecule is CN(c1ccc(Cl)c(C(=O)NCC2(O)CCCCCC2)c1)c1ccnc(Cl)n1. The van der Waals surface area contributed by atoms with Crippen molar-refractivity contribution in [1.82, 2.24) is 15.3 Å². The molecule has 3 rings (SSSR count). The van der Waals surface area contributed by atoms with Gasteiger partial charge in [-0.3, -0.25) is 4.79 Å². The summed E-state index contributed by atoms with van der Waals surface area (Å²) in [4.78, 5) is 22.6. The van der Waals surface area contributed by atoms with E-state index in [9.17, 15) is 9.90 Å². The fraction of sp³-hybridized carbons (Fsp3) is 0.450. The molecule has 1 saturated carbocycles. The molecule has 1 aromatic carbocycles. The van der Waals surface area contributed by atoms with Crippen LogP contribution in [0.4, 0.5) is 11.5 Å². The van der Waals surface area contributed by atoms with Gasteiger partial charge in [0.2, 0.25) is 5.28 Å². The first kappa shape index (κ1) is 20.8. The normalized spacial score (nSPS) is 16.3. The Morgan fingerprint density at radius 3 is 2.61 bits per heavy atom. The lowest BCUT2D eigenvalue weighted by atomic mass is 9.94. The Kier molecular flexibility index (Phi) is 6.75. The Morgan fingerprint density at radius 2 is 1.93 bits per heavy atom. The summed E-state index contributed by atoms with van der Waals surface area (Å²) in [6, 6.07) is 6.89. The van der Waals surface area contributed by atoms with E-state index in [0.29, 0.717) is 29.2 Å². The molecule has 0 saturated heterocycles. The van der Waals surface area contributed by atoms with E-state index in [0.717, 1.165) is 31.4 Å². The molecule has 0 spiro atoms. The van der Waals surface area contributed by atoms with Crippen LogP contribution in [0.25, 0.3) is 0 Å². The molecule has 0 unspecified atom stereocenters. The highest BCUT2D eigenvalue weighted by Crippen LogP contribution is 2.28. The molecule has 2 aromatic rings. The van der Waals surface area contributed by atoms with Crippen LogP contribution in [0.15, 0.2) is 30.5 Å². The molecule has 0 bridgehead atoms. The van der Waals surface area contributed by atoms with Crippen molar-refractivity contribution in [2.24, 2.45) is 0 Å². The summed E-state index contributed by atoms with van der Waals surface area (Å²) in [5.74, 6) is 0.292. The molecule has 1 aromatic heterocycles. The van der Waals surface area contributed by atoms with Crippen LogP contribution in [0.3, 0.4) is 0 Å². The third-order valence-corrected chi connectivity index (χ3v) is 5.66. The van der Waals surface area contributed by atoms with E-state index in [1.807, 2.05) is 7.05 Å². The molecule has 0 radical (unpaired) electrons. The number of carbonyl (C=O) groups excluding carboxylic acids is 1. The molecule has 1 amide bonds. The number of carbonyl (C=O) groups is 1. The van der Waals surface area contributed by atoms with E-state index in [1.165, 1.54) is 0 Å². The van der Waals surface area contributed by atoms with Crippen LogP contribution in [-0.4, -0.2) is 40.2 Å². The van der Waals surface area contributed by atoms with Crippen LogP contribution < -0.4 is 10.2 Å². The van der Waals surface area contributed by atoms with Gasteiger partial charge in [0.15, 0.2) is 0 Å². The lowest BCUT2D eigenvalue weighted by molar-refractivity contribution is 0.0246. The number of aromatic nitrogens is 2. The minimum Gasteiger partial charge on any atom is -0.388 e. The van der Waals surface area contributed by atoms with Crippen molar-refractivity contribution in [3.8, 4) is 0 Å². The minimum atomic E-state index is -0.843. The van der Waals surface area contributed by atoms with Crippen molar-refractivity contribution < 1.29 is 9.90 Å². The molecular weight excluding hydrogens is 399 g/mol. The van der Waals surface area contributed by atoms with Crippen molar-refractivity contribution in [3.05, 3.63) is 46.3 Å². The van der Waals surface area contributed by atoms with E-state index in [-0.39, 0.29) is 17.7 Å². The van der Waals surface area contributed by atoms with Crippen molar-refractivity contribution >= 4 is 40.6 Å². The largest absolute Gasteiger partial charge is 0.388 e. The summed E-state index contributed by atoms with van der Waals surface area (Å²) in [5.41, 5.74) is 0.242. The first-order valence-electron chi connectivity index (χ1n) is 9.40. The lowest BCUT2D eigenvalue weighted by Crippen LogP contribution is -2.42. The maximum atomic E-state index is 12.7. The van der Waals surface area contributed by atoms with Crippen molar-refractivity contribution in [2.75, 3.05) is 18.5 Å². The molecule has 1 aliphatic carbocycles. The summed E-state index contributed by atoms with van der Waals surface area (Å²) in [7, 11) is 1.82. The van der Waals surface area contributed by atoms with Gasteiger partial charge in [-0.15, -0.1) is 0 Å². The second-order valence-electron chi connectivity index (χ2n) is 7.23. The van der Waals surface area contributed by atoms with E-state index < -0.39 is 5.60 Å². The van der Waals surface area contributed by atoms with Crippen molar-refractivity contribution in [3.63, 3.8) is 0 Å². The Balaban J connectivity index is 1.74.